The van der Waals surface area contributed by atoms with Gasteiger partial charge in [0.2, 0.25) is 5.82 Å². The second-order valence-corrected chi connectivity index (χ2v) is 6.13. The molecule has 1 amide bonds. The number of aryl methyl sites for hydroxylation is 2. The van der Waals surface area contributed by atoms with E-state index in [9.17, 15) is 4.79 Å². The van der Waals surface area contributed by atoms with Crippen LogP contribution in [0, 0.1) is 13.8 Å². The third-order valence-electron chi connectivity index (χ3n) is 4.20. The van der Waals surface area contributed by atoms with E-state index >= 15 is 0 Å². The molecule has 0 aliphatic rings. The summed E-state index contributed by atoms with van der Waals surface area (Å²) in [6, 6.07) is 9.55. The number of fused-ring (bicyclic) bond motifs is 1. The Kier molecular flexibility index (Phi) is 5.16. The van der Waals surface area contributed by atoms with Crippen LogP contribution in [0.4, 0.5) is 0 Å². The molecule has 0 aliphatic carbocycles. The largest absolute Gasteiger partial charge is 0.494 e. The molecule has 2 heterocycles. The summed E-state index contributed by atoms with van der Waals surface area (Å²) in [5, 5.41) is 11.1. The van der Waals surface area contributed by atoms with Gasteiger partial charge in [-0.15, -0.1) is 10.2 Å². The minimum Gasteiger partial charge on any atom is -0.494 e. The fourth-order valence-electron chi connectivity index (χ4n) is 2.98. The zero-order valence-corrected chi connectivity index (χ0v) is 15.5. The Hall–Kier alpha value is -2.96. The van der Waals surface area contributed by atoms with Crippen molar-refractivity contribution in [2.75, 3.05) is 6.61 Å². The minimum absolute atomic E-state index is 0.121. The van der Waals surface area contributed by atoms with Crippen molar-refractivity contribution in [2.45, 2.75) is 40.2 Å². The van der Waals surface area contributed by atoms with Gasteiger partial charge in [0.1, 0.15) is 5.75 Å². The van der Waals surface area contributed by atoms with Crippen molar-refractivity contribution in [3.05, 3.63) is 53.1 Å². The van der Waals surface area contributed by atoms with Crippen LogP contribution in [0.1, 0.15) is 53.9 Å². The maximum Gasteiger partial charge on any atom is 0.290 e. The van der Waals surface area contributed by atoms with Gasteiger partial charge in [0.15, 0.2) is 0 Å². The highest BCUT2D eigenvalue weighted by molar-refractivity contribution is 5.91. The zero-order valence-electron chi connectivity index (χ0n) is 15.5. The Labute approximate surface area is 152 Å². The highest BCUT2D eigenvalue weighted by Gasteiger charge is 2.20. The normalized spacial score (nSPS) is 12.2. The molecule has 0 bridgehead atoms. The van der Waals surface area contributed by atoms with Crippen molar-refractivity contribution in [2.24, 2.45) is 0 Å². The lowest BCUT2D eigenvalue weighted by molar-refractivity contribution is 0.0923. The van der Waals surface area contributed by atoms with Crippen molar-refractivity contribution >= 4 is 11.7 Å². The molecule has 1 atom stereocenters. The minimum atomic E-state index is -0.271. The molecule has 7 heteroatoms. The number of nitrogens with zero attached hydrogens (tertiary/aromatic N) is 4. The van der Waals surface area contributed by atoms with Crippen LogP contribution in [0.5, 0.6) is 5.75 Å². The maximum atomic E-state index is 12.8. The van der Waals surface area contributed by atoms with Gasteiger partial charge in [-0.1, -0.05) is 19.1 Å². The summed E-state index contributed by atoms with van der Waals surface area (Å²) in [6.45, 7) is 8.40. The first-order valence-corrected chi connectivity index (χ1v) is 8.76. The standard InChI is InChI=1S/C19H23N5O2/c1-5-16(14-7-9-15(10-8-14)26-6-2)21-18(25)17-22-23-19-20-12(3)11-13(4)24(17)19/h7-11,16H,5-6H2,1-4H3,(H,21,25)/t16-/m1/s1. The first-order chi connectivity index (χ1) is 12.5. The predicted octanol–water partition coefficient (Wildman–Crippen LogP) is 3.02. The molecule has 26 heavy (non-hydrogen) atoms. The molecule has 0 spiro atoms. The summed E-state index contributed by atoms with van der Waals surface area (Å²) >= 11 is 0. The first-order valence-electron chi connectivity index (χ1n) is 8.76. The molecule has 7 nitrogen and oxygen atoms in total. The molecule has 0 aliphatic heterocycles. The number of benzene rings is 1. The molecule has 136 valence electrons. The molecule has 3 rings (SSSR count). The maximum absolute atomic E-state index is 12.8. The monoisotopic (exact) mass is 353 g/mol. The van der Waals surface area contributed by atoms with Crippen molar-refractivity contribution in [3.63, 3.8) is 0 Å². The molecular weight excluding hydrogens is 330 g/mol. The van der Waals surface area contributed by atoms with E-state index in [1.54, 1.807) is 4.40 Å². The number of nitrogens with one attached hydrogen (secondary N) is 1. The van der Waals surface area contributed by atoms with Crippen molar-refractivity contribution in [1.82, 2.24) is 24.9 Å². The summed E-state index contributed by atoms with van der Waals surface area (Å²) in [7, 11) is 0. The van der Waals surface area contributed by atoms with E-state index in [-0.39, 0.29) is 17.8 Å². The highest BCUT2D eigenvalue weighted by Crippen LogP contribution is 2.21. The summed E-state index contributed by atoms with van der Waals surface area (Å²) in [4.78, 5) is 17.1. The molecule has 0 unspecified atom stereocenters. The van der Waals surface area contributed by atoms with Gasteiger partial charge < -0.3 is 10.1 Å². The van der Waals surface area contributed by atoms with Crippen LogP contribution in [0.25, 0.3) is 5.78 Å². The van der Waals surface area contributed by atoms with Gasteiger partial charge in [-0.3, -0.25) is 9.20 Å². The number of hydrogen-bond donors (Lipinski definition) is 1. The van der Waals surface area contributed by atoms with Gasteiger partial charge in [0.25, 0.3) is 11.7 Å². The Balaban J connectivity index is 1.84. The lowest BCUT2D eigenvalue weighted by Crippen LogP contribution is -2.30. The molecule has 0 saturated carbocycles. The van der Waals surface area contributed by atoms with Gasteiger partial charge in [0.05, 0.1) is 12.6 Å². The predicted molar refractivity (Wildman–Crippen MR) is 98.4 cm³/mol. The average Bonchev–Trinajstić information content (AvgIpc) is 3.05. The van der Waals surface area contributed by atoms with E-state index in [1.807, 2.05) is 58.0 Å². The average molecular weight is 353 g/mol. The summed E-state index contributed by atoms with van der Waals surface area (Å²) in [5.41, 5.74) is 2.73. The van der Waals surface area contributed by atoms with Crippen LogP contribution in [0.3, 0.4) is 0 Å². The number of ether oxygens (including phenoxy) is 1. The van der Waals surface area contributed by atoms with Crippen LogP contribution in [0.15, 0.2) is 30.3 Å². The fraction of sp³-hybridized carbons (Fsp3) is 0.368. The Morgan fingerprint density at radius 3 is 2.58 bits per heavy atom. The van der Waals surface area contributed by atoms with Crippen molar-refractivity contribution in [1.29, 1.82) is 0 Å². The lowest BCUT2D eigenvalue weighted by Gasteiger charge is -2.17. The molecule has 0 saturated heterocycles. The van der Waals surface area contributed by atoms with Crippen LogP contribution in [-0.2, 0) is 0 Å². The number of aromatic nitrogens is 4. The van der Waals surface area contributed by atoms with E-state index in [2.05, 4.69) is 20.5 Å². The molecule has 1 aromatic carbocycles. The molecular formula is C19H23N5O2. The smallest absolute Gasteiger partial charge is 0.290 e. The Morgan fingerprint density at radius 1 is 1.19 bits per heavy atom. The quantitative estimate of drug-likeness (QED) is 0.737. The summed E-state index contributed by atoms with van der Waals surface area (Å²) in [5.74, 6) is 1.22. The zero-order chi connectivity index (χ0) is 18.7. The number of hydrogen-bond acceptors (Lipinski definition) is 5. The van der Waals surface area contributed by atoms with Gasteiger partial charge in [-0.05, 0) is 51.0 Å². The third-order valence-corrected chi connectivity index (χ3v) is 4.20. The summed E-state index contributed by atoms with van der Waals surface area (Å²) < 4.78 is 7.14. The van der Waals surface area contributed by atoms with Crippen LogP contribution >= 0.6 is 0 Å². The van der Waals surface area contributed by atoms with E-state index in [0.717, 1.165) is 29.1 Å². The highest BCUT2D eigenvalue weighted by atomic mass is 16.5. The SMILES string of the molecule is CCOc1ccc([C@@H](CC)NC(=O)c2nnc3nc(C)cc(C)n23)cc1. The fourth-order valence-corrected chi connectivity index (χ4v) is 2.98. The van der Waals surface area contributed by atoms with Crippen LogP contribution < -0.4 is 10.1 Å². The van der Waals surface area contributed by atoms with E-state index in [1.165, 1.54) is 0 Å². The van der Waals surface area contributed by atoms with Crippen LogP contribution in [-0.4, -0.2) is 32.1 Å². The first kappa shape index (κ1) is 17.8. The van der Waals surface area contributed by atoms with Gasteiger partial charge >= 0.3 is 0 Å². The van der Waals surface area contributed by atoms with Gasteiger partial charge in [-0.25, -0.2) is 4.98 Å². The number of rotatable bonds is 6. The van der Waals surface area contributed by atoms with E-state index in [0.29, 0.717) is 12.4 Å². The molecule has 0 radical (unpaired) electrons. The second-order valence-electron chi connectivity index (χ2n) is 6.13. The molecule has 1 N–H and O–H groups in total. The summed E-state index contributed by atoms with van der Waals surface area (Å²) in [6.07, 6.45) is 0.757. The third kappa shape index (κ3) is 3.51. The van der Waals surface area contributed by atoms with E-state index in [4.69, 9.17) is 4.74 Å². The Bertz CT molecular complexity index is 918. The molecule has 0 fully saturated rings. The Morgan fingerprint density at radius 2 is 1.92 bits per heavy atom. The molecule has 3 aromatic rings. The second kappa shape index (κ2) is 7.51. The topological polar surface area (TPSA) is 81.4 Å². The van der Waals surface area contributed by atoms with Crippen molar-refractivity contribution < 1.29 is 9.53 Å². The van der Waals surface area contributed by atoms with Gasteiger partial charge in [-0.2, -0.15) is 0 Å². The number of carbonyl (C=O) groups is 1. The lowest BCUT2D eigenvalue weighted by atomic mass is 10.0. The van der Waals surface area contributed by atoms with E-state index < -0.39 is 0 Å². The molecule has 2 aromatic heterocycles. The number of carbonyl (C=O) groups excluding carboxylic acids is 1. The number of amides is 1. The van der Waals surface area contributed by atoms with Gasteiger partial charge in [0, 0.05) is 11.4 Å². The van der Waals surface area contributed by atoms with Crippen LogP contribution in [0.2, 0.25) is 0 Å². The van der Waals surface area contributed by atoms with Crippen molar-refractivity contribution in [3.8, 4) is 5.75 Å².